The van der Waals surface area contributed by atoms with Crippen LogP contribution in [0.3, 0.4) is 0 Å². The predicted octanol–water partition coefficient (Wildman–Crippen LogP) is 6.50. The lowest BCUT2D eigenvalue weighted by Crippen LogP contribution is -2.36. The van der Waals surface area contributed by atoms with E-state index in [9.17, 15) is 14.3 Å². The molecule has 1 aliphatic heterocycles. The molecule has 3 aromatic carbocycles. The number of halogens is 1. The van der Waals surface area contributed by atoms with Gasteiger partial charge < -0.3 is 19.5 Å². The first kappa shape index (κ1) is 24.8. The van der Waals surface area contributed by atoms with Gasteiger partial charge in [0, 0.05) is 29.6 Å². The number of ether oxygens (including phenoxy) is 2. The molecule has 4 aromatic rings. The summed E-state index contributed by atoms with van der Waals surface area (Å²) in [6, 6.07) is 20.3. The Bertz CT molecular complexity index is 1380. The van der Waals surface area contributed by atoms with Crippen molar-refractivity contribution in [2.45, 2.75) is 19.4 Å². The minimum Gasteiger partial charge on any atom is -0.497 e. The van der Waals surface area contributed by atoms with Crippen molar-refractivity contribution < 1.29 is 23.8 Å². The van der Waals surface area contributed by atoms with Gasteiger partial charge in [0.2, 0.25) is 0 Å². The van der Waals surface area contributed by atoms with Gasteiger partial charge in [0.1, 0.15) is 23.9 Å². The quantitative estimate of drug-likeness (QED) is 0.287. The van der Waals surface area contributed by atoms with Crippen LogP contribution in [0.15, 0.2) is 72.1 Å². The Hall–Kier alpha value is -3.91. The largest absolute Gasteiger partial charge is 0.497 e. The Morgan fingerprint density at radius 3 is 2.51 bits per heavy atom. The molecule has 1 fully saturated rings. The van der Waals surface area contributed by atoms with E-state index in [2.05, 4.69) is 4.90 Å². The van der Waals surface area contributed by atoms with Crippen molar-refractivity contribution in [1.29, 1.82) is 0 Å². The number of aliphatic carboxylic acids is 1. The highest BCUT2D eigenvalue weighted by atomic mass is 32.1. The summed E-state index contributed by atoms with van der Waals surface area (Å²) in [5.41, 5.74) is 3.77. The van der Waals surface area contributed by atoms with Crippen molar-refractivity contribution >= 4 is 22.4 Å². The number of benzene rings is 3. The number of piperidine rings is 1. The molecule has 0 unspecified atom stereocenters. The van der Waals surface area contributed by atoms with Gasteiger partial charge in [-0.05, 0) is 54.3 Å². The molecule has 2 heterocycles. The van der Waals surface area contributed by atoms with E-state index >= 15 is 0 Å². The lowest BCUT2D eigenvalue weighted by atomic mass is 9.97. The SMILES string of the molecule is COc1ccc(-c2ccc(COc3ccccc3-c3csc(N4CCC(C(=O)O)CC4)n3)c(F)c2)cc1. The molecule has 0 saturated carbocycles. The number of carbonyl (C=O) groups is 1. The van der Waals surface area contributed by atoms with Crippen LogP contribution in [0, 0.1) is 11.7 Å². The molecule has 0 spiro atoms. The molecule has 0 bridgehead atoms. The van der Waals surface area contributed by atoms with E-state index in [0.717, 1.165) is 33.3 Å². The molecule has 37 heavy (non-hydrogen) atoms. The highest BCUT2D eigenvalue weighted by molar-refractivity contribution is 7.14. The number of rotatable bonds is 8. The number of anilines is 1. The lowest BCUT2D eigenvalue weighted by Gasteiger charge is -2.29. The van der Waals surface area contributed by atoms with Crippen molar-refractivity contribution in [2.24, 2.45) is 5.92 Å². The normalized spacial score (nSPS) is 13.9. The van der Waals surface area contributed by atoms with Crippen molar-refractivity contribution in [2.75, 3.05) is 25.1 Å². The molecular formula is C29H27FN2O4S. The average Bonchev–Trinajstić information content (AvgIpc) is 3.43. The number of aromatic nitrogens is 1. The third-order valence-electron chi connectivity index (χ3n) is 6.63. The minimum absolute atomic E-state index is 0.0887. The number of nitrogens with zero attached hydrogens (tertiary/aromatic N) is 2. The summed E-state index contributed by atoms with van der Waals surface area (Å²) < 4.78 is 26.2. The van der Waals surface area contributed by atoms with Crippen LogP contribution < -0.4 is 14.4 Å². The van der Waals surface area contributed by atoms with E-state index in [1.54, 1.807) is 13.2 Å². The number of thiazole rings is 1. The van der Waals surface area contributed by atoms with Crippen molar-refractivity contribution in [1.82, 2.24) is 4.98 Å². The minimum atomic E-state index is -0.725. The zero-order chi connectivity index (χ0) is 25.8. The van der Waals surface area contributed by atoms with Crippen LogP contribution in [0.2, 0.25) is 0 Å². The van der Waals surface area contributed by atoms with Crippen LogP contribution in [0.25, 0.3) is 22.4 Å². The molecule has 5 rings (SSSR count). The second kappa shape index (κ2) is 11.0. The fraction of sp³-hybridized carbons (Fsp3) is 0.241. The number of hydrogen-bond donors (Lipinski definition) is 1. The van der Waals surface area contributed by atoms with Crippen LogP contribution in [-0.2, 0) is 11.4 Å². The van der Waals surface area contributed by atoms with Gasteiger partial charge in [0.25, 0.3) is 0 Å². The number of hydrogen-bond acceptors (Lipinski definition) is 6. The Morgan fingerprint density at radius 1 is 1.08 bits per heavy atom. The Kier molecular flexibility index (Phi) is 7.37. The summed E-state index contributed by atoms with van der Waals surface area (Å²) in [5, 5.41) is 12.1. The monoisotopic (exact) mass is 518 g/mol. The molecule has 0 atom stereocenters. The molecule has 1 aromatic heterocycles. The first-order valence-electron chi connectivity index (χ1n) is 12.1. The van der Waals surface area contributed by atoms with Crippen LogP contribution in [0.1, 0.15) is 18.4 Å². The Balaban J connectivity index is 1.27. The van der Waals surface area contributed by atoms with E-state index < -0.39 is 5.97 Å². The number of carboxylic acids is 1. The topological polar surface area (TPSA) is 71.9 Å². The van der Waals surface area contributed by atoms with E-state index in [-0.39, 0.29) is 18.3 Å². The summed E-state index contributed by atoms with van der Waals surface area (Å²) >= 11 is 1.53. The molecule has 0 aliphatic carbocycles. The molecule has 0 radical (unpaired) electrons. The van der Waals surface area contributed by atoms with E-state index in [0.29, 0.717) is 37.2 Å². The first-order chi connectivity index (χ1) is 18.0. The van der Waals surface area contributed by atoms with Crippen LogP contribution >= 0.6 is 11.3 Å². The van der Waals surface area contributed by atoms with Crippen molar-refractivity contribution in [3.8, 4) is 33.9 Å². The first-order valence-corrected chi connectivity index (χ1v) is 13.0. The average molecular weight is 519 g/mol. The summed E-state index contributed by atoms with van der Waals surface area (Å²) in [4.78, 5) is 18.2. The third-order valence-corrected chi connectivity index (χ3v) is 7.53. The van der Waals surface area contributed by atoms with Crippen molar-refractivity contribution in [3.63, 3.8) is 0 Å². The van der Waals surface area contributed by atoms with Gasteiger partial charge in [-0.15, -0.1) is 11.3 Å². The molecule has 1 N–H and O–H groups in total. The maximum atomic E-state index is 14.9. The highest BCUT2D eigenvalue weighted by Crippen LogP contribution is 2.35. The smallest absolute Gasteiger partial charge is 0.306 e. The fourth-order valence-corrected chi connectivity index (χ4v) is 5.32. The van der Waals surface area contributed by atoms with Gasteiger partial charge in [0.15, 0.2) is 5.13 Å². The van der Waals surface area contributed by atoms with E-state index in [1.165, 1.54) is 17.4 Å². The summed E-state index contributed by atoms with van der Waals surface area (Å²) in [5.74, 6) is 0.0461. The number of para-hydroxylation sites is 1. The standard InChI is InChI=1S/C29H27FN2O4S/c1-35-23-10-8-19(9-11-23)21-6-7-22(25(30)16-21)17-36-27-5-3-2-4-24(27)26-18-37-29(31-26)32-14-12-20(13-15-32)28(33)34/h2-11,16,18,20H,12-15,17H2,1H3,(H,33,34). The molecule has 190 valence electrons. The maximum Gasteiger partial charge on any atom is 0.306 e. The van der Waals surface area contributed by atoms with Gasteiger partial charge in [-0.1, -0.05) is 36.4 Å². The van der Waals surface area contributed by atoms with Gasteiger partial charge in [-0.25, -0.2) is 9.37 Å². The van der Waals surface area contributed by atoms with E-state index in [1.807, 2.05) is 60.0 Å². The summed E-state index contributed by atoms with van der Waals surface area (Å²) in [7, 11) is 1.61. The second-order valence-corrected chi connectivity index (χ2v) is 9.77. The molecule has 1 aliphatic rings. The zero-order valence-electron chi connectivity index (χ0n) is 20.4. The zero-order valence-corrected chi connectivity index (χ0v) is 21.2. The third kappa shape index (κ3) is 5.59. The maximum absolute atomic E-state index is 14.9. The molecule has 6 nitrogen and oxygen atoms in total. The Morgan fingerprint density at radius 2 is 1.81 bits per heavy atom. The lowest BCUT2D eigenvalue weighted by molar-refractivity contribution is -0.142. The summed E-state index contributed by atoms with van der Waals surface area (Å²) in [6.45, 7) is 1.44. The van der Waals surface area contributed by atoms with Gasteiger partial charge in [0.05, 0.1) is 18.7 Å². The van der Waals surface area contributed by atoms with Crippen molar-refractivity contribution in [3.05, 3.63) is 83.5 Å². The second-order valence-electron chi connectivity index (χ2n) is 8.93. The fourth-order valence-electron chi connectivity index (χ4n) is 4.44. The highest BCUT2D eigenvalue weighted by Gasteiger charge is 2.26. The van der Waals surface area contributed by atoms with E-state index in [4.69, 9.17) is 14.5 Å². The van der Waals surface area contributed by atoms with Crippen LogP contribution in [-0.4, -0.2) is 36.3 Å². The van der Waals surface area contributed by atoms with Gasteiger partial charge >= 0.3 is 5.97 Å². The van der Waals surface area contributed by atoms with Crippen LogP contribution in [0.5, 0.6) is 11.5 Å². The number of methoxy groups -OCH3 is 1. The molecule has 1 saturated heterocycles. The molecule has 8 heteroatoms. The Labute approximate surface area is 218 Å². The number of carboxylic acid groups (broad SMARTS) is 1. The van der Waals surface area contributed by atoms with Crippen LogP contribution in [0.4, 0.5) is 9.52 Å². The van der Waals surface area contributed by atoms with Gasteiger partial charge in [-0.3, -0.25) is 4.79 Å². The molecule has 0 amide bonds. The molecular weight excluding hydrogens is 491 g/mol. The van der Waals surface area contributed by atoms with Gasteiger partial charge in [-0.2, -0.15) is 0 Å². The predicted molar refractivity (Wildman–Crippen MR) is 143 cm³/mol. The summed E-state index contributed by atoms with van der Waals surface area (Å²) in [6.07, 6.45) is 1.24.